The van der Waals surface area contributed by atoms with Crippen LogP contribution in [0.1, 0.15) is 44.7 Å². The summed E-state index contributed by atoms with van der Waals surface area (Å²) in [7, 11) is 0. The standard InChI is InChI=1S/C15H27N3/c1-5-7-18(8-6-2)15-12(3)9-14(11-17-15)10-13(4)16/h9,11,13H,5-8,10,16H2,1-4H3. The molecule has 1 aromatic heterocycles. The van der Waals surface area contributed by atoms with Gasteiger partial charge in [0.05, 0.1) is 0 Å². The maximum atomic E-state index is 5.83. The fourth-order valence-corrected chi connectivity index (χ4v) is 2.30. The van der Waals surface area contributed by atoms with Crippen molar-refractivity contribution in [3.8, 4) is 0 Å². The number of nitrogens with two attached hydrogens (primary N) is 1. The fraction of sp³-hybridized carbons (Fsp3) is 0.667. The van der Waals surface area contributed by atoms with E-state index in [-0.39, 0.29) is 6.04 Å². The van der Waals surface area contributed by atoms with Gasteiger partial charge in [-0.1, -0.05) is 19.9 Å². The predicted octanol–water partition coefficient (Wildman–Crippen LogP) is 2.91. The normalized spacial score (nSPS) is 12.5. The van der Waals surface area contributed by atoms with Gasteiger partial charge in [-0.15, -0.1) is 0 Å². The minimum absolute atomic E-state index is 0.194. The highest BCUT2D eigenvalue weighted by molar-refractivity contribution is 5.47. The summed E-state index contributed by atoms with van der Waals surface area (Å²) in [4.78, 5) is 7.02. The number of pyridine rings is 1. The first-order chi connectivity index (χ1) is 8.58. The van der Waals surface area contributed by atoms with Crippen molar-refractivity contribution in [3.05, 3.63) is 23.4 Å². The van der Waals surface area contributed by atoms with Gasteiger partial charge < -0.3 is 10.6 Å². The van der Waals surface area contributed by atoms with Gasteiger partial charge >= 0.3 is 0 Å². The van der Waals surface area contributed by atoms with Gasteiger partial charge in [0.25, 0.3) is 0 Å². The van der Waals surface area contributed by atoms with Crippen LogP contribution in [0, 0.1) is 6.92 Å². The molecule has 102 valence electrons. The van der Waals surface area contributed by atoms with Crippen molar-refractivity contribution < 1.29 is 0 Å². The smallest absolute Gasteiger partial charge is 0.131 e. The summed E-state index contributed by atoms with van der Waals surface area (Å²) in [6.45, 7) is 10.8. The van der Waals surface area contributed by atoms with Crippen molar-refractivity contribution in [3.63, 3.8) is 0 Å². The molecule has 0 bridgehead atoms. The minimum Gasteiger partial charge on any atom is -0.356 e. The van der Waals surface area contributed by atoms with E-state index in [9.17, 15) is 0 Å². The molecule has 1 unspecified atom stereocenters. The van der Waals surface area contributed by atoms with E-state index >= 15 is 0 Å². The molecule has 0 aliphatic carbocycles. The molecule has 0 fully saturated rings. The average Bonchev–Trinajstić information content (AvgIpc) is 2.28. The molecule has 1 aromatic rings. The maximum absolute atomic E-state index is 5.83. The van der Waals surface area contributed by atoms with E-state index in [4.69, 9.17) is 5.73 Å². The van der Waals surface area contributed by atoms with Crippen LogP contribution in [0.2, 0.25) is 0 Å². The summed E-state index contributed by atoms with van der Waals surface area (Å²) in [6, 6.07) is 2.42. The lowest BCUT2D eigenvalue weighted by molar-refractivity contribution is 0.721. The van der Waals surface area contributed by atoms with E-state index in [2.05, 4.69) is 36.7 Å². The Hall–Kier alpha value is -1.09. The van der Waals surface area contributed by atoms with Gasteiger partial charge in [-0.3, -0.25) is 0 Å². The van der Waals surface area contributed by atoms with Crippen molar-refractivity contribution in [2.24, 2.45) is 5.73 Å². The molecule has 1 rings (SSSR count). The van der Waals surface area contributed by atoms with Crippen molar-refractivity contribution in [1.29, 1.82) is 0 Å². The summed E-state index contributed by atoms with van der Waals surface area (Å²) in [6.07, 6.45) is 5.19. The third kappa shape index (κ3) is 4.30. The van der Waals surface area contributed by atoms with Crippen molar-refractivity contribution in [1.82, 2.24) is 4.98 Å². The quantitative estimate of drug-likeness (QED) is 0.808. The zero-order valence-electron chi connectivity index (χ0n) is 12.2. The maximum Gasteiger partial charge on any atom is 0.131 e. The van der Waals surface area contributed by atoms with E-state index in [1.807, 2.05) is 13.1 Å². The van der Waals surface area contributed by atoms with Gasteiger partial charge in [0.2, 0.25) is 0 Å². The van der Waals surface area contributed by atoms with Crippen LogP contribution in [-0.2, 0) is 6.42 Å². The molecule has 18 heavy (non-hydrogen) atoms. The molecule has 0 amide bonds. The second-order valence-corrected chi connectivity index (χ2v) is 5.15. The Balaban J connectivity index is 2.88. The largest absolute Gasteiger partial charge is 0.356 e. The molecule has 0 aromatic carbocycles. The van der Waals surface area contributed by atoms with Crippen LogP contribution in [0.15, 0.2) is 12.3 Å². The molecule has 0 radical (unpaired) electrons. The first-order valence-corrected chi connectivity index (χ1v) is 7.04. The van der Waals surface area contributed by atoms with Gasteiger partial charge in [-0.25, -0.2) is 4.98 Å². The molecule has 2 N–H and O–H groups in total. The first-order valence-electron chi connectivity index (χ1n) is 7.04. The second-order valence-electron chi connectivity index (χ2n) is 5.15. The van der Waals surface area contributed by atoms with Crippen LogP contribution in [0.5, 0.6) is 0 Å². The molecule has 3 nitrogen and oxygen atoms in total. The molecule has 3 heteroatoms. The Labute approximate surface area is 111 Å². The zero-order valence-corrected chi connectivity index (χ0v) is 12.2. The van der Waals surface area contributed by atoms with Crippen molar-refractivity contribution in [2.75, 3.05) is 18.0 Å². The van der Waals surface area contributed by atoms with E-state index in [1.54, 1.807) is 0 Å². The molecule has 1 heterocycles. The van der Waals surface area contributed by atoms with Crippen LogP contribution < -0.4 is 10.6 Å². The molecule has 1 atom stereocenters. The van der Waals surface area contributed by atoms with Crippen LogP contribution in [0.3, 0.4) is 0 Å². The molecular formula is C15H27N3. The lowest BCUT2D eigenvalue weighted by Gasteiger charge is -2.24. The molecule has 0 aliphatic rings. The fourth-order valence-electron chi connectivity index (χ4n) is 2.30. The number of hydrogen-bond acceptors (Lipinski definition) is 3. The van der Waals surface area contributed by atoms with Crippen LogP contribution in [0.4, 0.5) is 5.82 Å². The molecule has 0 saturated carbocycles. The summed E-state index contributed by atoms with van der Waals surface area (Å²) in [5, 5.41) is 0. The Morgan fingerprint density at radius 3 is 2.33 bits per heavy atom. The van der Waals surface area contributed by atoms with Gasteiger partial charge in [-0.05, 0) is 44.2 Å². The monoisotopic (exact) mass is 249 g/mol. The zero-order chi connectivity index (χ0) is 13.5. The number of rotatable bonds is 7. The Kier molecular flexibility index (Phi) is 6.13. The SMILES string of the molecule is CCCN(CCC)c1ncc(CC(C)N)cc1C. The molecule has 0 spiro atoms. The average molecular weight is 249 g/mol. The summed E-state index contributed by atoms with van der Waals surface area (Å²) >= 11 is 0. The topological polar surface area (TPSA) is 42.2 Å². The lowest BCUT2D eigenvalue weighted by atomic mass is 10.1. The Morgan fingerprint density at radius 2 is 1.89 bits per heavy atom. The number of hydrogen-bond donors (Lipinski definition) is 1. The first kappa shape index (κ1) is 15.0. The minimum atomic E-state index is 0.194. The highest BCUT2D eigenvalue weighted by Crippen LogP contribution is 2.19. The molecular weight excluding hydrogens is 222 g/mol. The number of anilines is 1. The lowest BCUT2D eigenvalue weighted by Crippen LogP contribution is -2.27. The molecule has 0 aliphatic heterocycles. The van der Waals surface area contributed by atoms with Crippen molar-refractivity contribution in [2.45, 2.75) is 53.0 Å². The third-order valence-electron chi connectivity index (χ3n) is 2.95. The van der Waals surface area contributed by atoms with Crippen LogP contribution in [-0.4, -0.2) is 24.1 Å². The van der Waals surface area contributed by atoms with Gasteiger partial charge in [0, 0.05) is 25.3 Å². The van der Waals surface area contributed by atoms with E-state index in [1.165, 1.54) is 11.1 Å². The summed E-state index contributed by atoms with van der Waals surface area (Å²) < 4.78 is 0. The van der Waals surface area contributed by atoms with Crippen LogP contribution in [0.25, 0.3) is 0 Å². The summed E-state index contributed by atoms with van der Waals surface area (Å²) in [5.41, 5.74) is 8.32. The highest BCUT2D eigenvalue weighted by atomic mass is 15.2. The second kappa shape index (κ2) is 7.37. The van der Waals surface area contributed by atoms with Gasteiger partial charge in [-0.2, -0.15) is 0 Å². The van der Waals surface area contributed by atoms with Gasteiger partial charge in [0.15, 0.2) is 0 Å². The Bertz CT molecular complexity index is 355. The van der Waals surface area contributed by atoms with Crippen LogP contribution >= 0.6 is 0 Å². The number of aromatic nitrogens is 1. The molecule has 0 saturated heterocycles. The Morgan fingerprint density at radius 1 is 1.28 bits per heavy atom. The van der Waals surface area contributed by atoms with E-state index < -0.39 is 0 Å². The summed E-state index contributed by atoms with van der Waals surface area (Å²) in [5.74, 6) is 1.13. The number of aryl methyl sites for hydroxylation is 1. The highest BCUT2D eigenvalue weighted by Gasteiger charge is 2.10. The van der Waals surface area contributed by atoms with Crippen molar-refractivity contribution >= 4 is 5.82 Å². The van der Waals surface area contributed by atoms with Gasteiger partial charge in [0.1, 0.15) is 5.82 Å². The van der Waals surface area contributed by atoms with E-state index in [0.717, 1.165) is 38.2 Å². The third-order valence-corrected chi connectivity index (χ3v) is 2.95. The number of nitrogens with zero attached hydrogens (tertiary/aromatic N) is 2. The van der Waals surface area contributed by atoms with E-state index in [0.29, 0.717) is 0 Å². The predicted molar refractivity (Wildman–Crippen MR) is 79.1 cm³/mol.